The van der Waals surface area contributed by atoms with Gasteiger partial charge in [0.2, 0.25) is 0 Å². The van der Waals surface area contributed by atoms with Gasteiger partial charge < -0.3 is 45.0 Å². The van der Waals surface area contributed by atoms with Crippen LogP contribution in [0.2, 0.25) is 0 Å². The fraction of sp³-hybridized carbons (Fsp3) is 0.474. The van der Waals surface area contributed by atoms with Gasteiger partial charge in [-0.3, -0.25) is 9.79 Å². The Bertz CT molecular complexity index is 1780. The number of carbonyl (C=O) groups excluding carboxylic acids is 1. The molecule has 6 N–H and O–H groups in total. The highest BCUT2D eigenvalue weighted by molar-refractivity contribution is 6.09. The highest BCUT2D eigenvalue weighted by Gasteiger charge is 2.46. The average molecular weight is 712 g/mol. The van der Waals surface area contributed by atoms with Crippen LogP contribution < -0.4 is 16.0 Å². The maximum absolute atomic E-state index is 13.7. The third-order valence-electron chi connectivity index (χ3n) is 8.98. The monoisotopic (exact) mass is 711 g/mol. The first-order valence-corrected chi connectivity index (χ1v) is 17.2. The van der Waals surface area contributed by atoms with Crippen molar-refractivity contribution in [3.63, 3.8) is 0 Å². The van der Waals surface area contributed by atoms with E-state index in [0.29, 0.717) is 37.4 Å². The van der Waals surface area contributed by atoms with Gasteiger partial charge in [-0.25, -0.2) is 0 Å². The number of aliphatic hydroxyl groups is 4. The number of rotatable bonds is 15. The summed E-state index contributed by atoms with van der Waals surface area (Å²) >= 11 is 0. The fourth-order valence-electron chi connectivity index (χ4n) is 6.41. The molecule has 1 fully saturated rings. The van der Waals surface area contributed by atoms with Gasteiger partial charge in [0.1, 0.15) is 35.8 Å². The van der Waals surface area contributed by atoms with Gasteiger partial charge in [0.15, 0.2) is 6.29 Å². The zero-order chi connectivity index (χ0) is 35.1. The van der Waals surface area contributed by atoms with Crippen molar-refractivity contribution in [1.82, 2.24) is 5.32 Å². The van der Waals surface area contributed by atoms with E-state index in [-0.39, 0.29) is 18.3 Å². The maximum atomic E-state index is 13.7. The predicted octanol–water partition coefficient (Wildman–Crippen LogP) is 4.70. The van der Waals surface area contributed by atoms with E-state index in [2.05, 4.69) is 41.6 Å². The number of aryl methyl sites for hydroxylation is 2. The van der Waals surface area contributed by atoms with Crippen molar-refractivity contribution in [3.8, 4) is 22.5 Å². The summed E-state index contributed by atoms with van der Waals surface area (Å²) in [5.41, 5.74) is 7.12. The van der Waals surface area contributed by atoms with Crippen LogP contribution in [0.4, 0.5) is 5.69 Å². The van der Waals surface area contributed by atoms with Crippen LogP contribution in [0.3, 0.4) is 0 Å². The predicted molar refractivity (Wildman–Crippen MR) is 196 cm³/mol. The van der Waals surface area contributed by atoms with E-state index < -0.39 is 37.3 Å². The summed E-state index contributed by atoms with van der Waals surface area (Å²) in [7, 11) is 0. The zero-order valence-corrected chi connectivity index (χ0v) is 30.0. The molecule has 272 valence electrons. The number of ether oxygens (including phenoxy) is 2. The molecular weight excluding hydrogens is 662 g/mol. The van der Waals surface area contributed by atoms with E-state index in [1.807, 2.05) is 50.2 Å². The Morgan fingerprint density at radius 1 is 0.980 bits per heavy atom. The van der Waals surface area contributed by atoms with Crippen molar-refractivity contribution in [1.29, 1.82) is 0 Å². The molecule has 5 rings (SSSR count). The molecule has 50 heavy (non-hydrogen) atoms. The second-order valence-electron chi connectivity index (χ2n) is 12.6. The second kappa shape index (κ2) is 18.1. The molecular formula is C38H50ClN3O8. The van der Waals surface area contributed by atoms with Crippen LogP contribution in [0, 0.1) is 13.8 Å². The lowest BCUT2D eigenvalue weighted by atomic mass is 9.89. The van der Waals surface area contributed by atoms with Crippen molar-refractivity contribution in [3.05, 3.63) is 70.6 Å². The Balaban J connectivity index is 0.00000562. The first-order chi connectivity index (χ1) is 23.7. The molecule has 5 atom stereocenters. The molecule has 1 saturated heterocycles. The Labute approximate surface area is 299 Å². The molecule has 2 aromatic rings. The minimum Gasteiger partial charge on any atom is -0.456 e. The molecule has 0 saturated carbocycles. The van der Waals surface area contributed by atoms with E-state index in [1.54, 1.807) is 0 Å². The summed E-state index contributed by atoms with van der Waals surface area (Å²) in [6, 6.07) is 15.9. The second-order valence-corrected chi connectivity index (χ2v) is 12.6. The van der Waals surface area contributed by atoms with Gasteiger partial charge in [0.25, 0.3) is 5.91 Å². The van der Waals surface area contributed by atoms with Crippen LogP contribution in [0.15, 0.2) is 57.9 Å². The third-order valence-corrected chi connectivity index (χ3v) is 8.98. The number of hydrogen-bond acceptors (Lipinski definition) is 10. The molecule has 12 heteroatoms. The number of fused-ring (bicyclic) bond motifs is 2. The van der Waals surface area contributed by atoms with Crippen molar-refractivity contribution < 1.29 is 39.1 Å². The number of anilines is 1. The van der Waals surface area contributed by atoms with Gasteiger partial charge in [-0.2, -0.15) is 0 Å². The number of carbonyl (C=O) groups is 1. The average Bonchev–Trinajstić information content (AvgIpc) is 3.38. The third kappa shape index (κ3) is 8.66. The molecule has 2 aliphatic heterocycles. The van der Waals surface area contributed by atoms with Crippen LogP contribution in [0.25, 0.3) is 33.4 Å². The van der Waals surface area contributed by atoms with E-state index in [9.17, 15) is 20.1 Å². The minimum atomic E-state index is -1.34. The summed E-state index contributed by atoms with van der Waals surface area (Å²) in [4.78, 5) is 18.3. The molecule has 1 aliphatic carbocycles. The van der Waals surface area contributed by atoms with Crippen molar-refractivity contribution in [2.24, 2.45) is 4.99 Å². The highest BCUT2D eigenvalue weighted by Crippen LogP contribution is 2.43. The highest BCUT2D eigenvalue weighted by atomic mass is 35.5. The van der Waals surface area contributed by atoms with Crippen LogP contribution >= 0.6 is 12.4 Å². The van der Waals surface area contributed by atoms with Crippen LogP contribution in [-0.2, 0) is 9.47 Å². The molecule has 0 unspecified atom stereocenters. The summed E-state index contributed by atoms with van der Waals surface area (Å²) in [6.07, 6.45) is -2.98. The zero-order valence-electron chi connectivity index (χ0n) is 29.1. The summed E-state index contributed by atoms with van der Waals surface area (Å²) < 4.78 is 17.5. The molecule has 3 aliphatic rings. The quantitative estimate of drug-likeness (QED) is 0.0757. The number of amides is 1. The first kappa shape index (κ1) is 39.2. The summed E-state index contributed by atoms with van der Waals surface area (Å²) in [6.45, 7) is 9.84. The Morgan fingerprint density at radius 2 is 1.74 bits per heavy atom. The smallest absolute Gasteiger partial charge is 0.251 e. The van der Waals surface area contributed by atoms with Gasteiger partial charge in [-0.15, -0.1) is 12.4 Å². The SMILES string of the molecule is CCN=c1cc2oc3cc(NCC)c(C)cc3c(-c3ccccc3C(=O)NCCCCCCO[C@@H]3O[C@@H]([C@H](O)CO)[C@H](O)[C@H]3O)c-2cc1C.Cl. The molecule has 2 aromatic carbocycles. The number of hydrogen-bond donors (Lipinski definition) is 6. The Morgan fingerprint density at radius 3 is 2.48 bits per heavy atom. The van der Waals surface area contributed by atoms with Gasteiger partial charge >= 0.3 is 0 Å². The molecule has 2 heterocycles. The molecule has 0 radical (unpaired) electrons. The number of nitrogens with zero attached hydrogens (tertiary/aromatic N) is 1. The Kier molecular flexibility index (Phi) is 14.2. The Hall–Kier alpha value is -3.55. The first-order valence-electron chi connectivity index (χ1n) is 17.2. The molecule has 1 amide bonds. The van der Waals surface area contributed by atoms with Gasteiger partial charge in [-0.05, 0) is 75.4 Å². The lowest BCUT2D eigenvalue weighted by molar-refractivity contribution is -0.181. The van der Waals surface area contributed by atoms with Crippen LogP contribution in [0.5, 0.6) is 0 Å². The number of halogens is 1. The topological polar surface area (TPSA) is 166 Å². The normalized spacial score (nSPS) is 19.9. The molecule has 11 nitrogen and oxygen atoms in total. The van der Waals surface area contributed by atoms with E-state index >= 15 is 0 Å². The number of nitrogens with one attached hydrogen (secondary N) is 2. The number of benzene rings is 3. The van der Waals surface area contributed by atoms with Crippen LogP contribution in [0.1, 0.15) is 61.0 Å². The van der Waals surface area contributed by atoms with Gasteiger partial charge in [0, 0.05) is 66.1 Å². The van der Waals surface area contributed by atoms with Crippen molar-refractivity contribution in [2.75, 3.05) is 38.2 Å². The summed E-state index contributed by atoms with van der Waals surface area (Å²) in [5.74, 6) is 0.556. The number of aliphatic hydroxyl groups excluding tert-OH is 4. The van der Waals surface area contributed by atoms with Crippen molar-refractivity contribution in [2.45, 2.75) is 84.1 Å². The summed E-state index contributed by atoms with van der Waals surface area (Å²) in [5, 5.41) is 47.4. The fourth-order valence-corrected chi connectivity index (χ4v) is 6.41. The standard InChI is InChI=1S/C38H49N3O8.ClH/c1-5-39-28-19-31-26(17-22(28)3)33(27-18-23(4)29(40-6-2)20-32(27)48-31)24-13-9-10-14-25(24)37(46)41-15-11-7-8-12-16-47-38-35(45)34(44)36(49-38)30(43)21-42;/h9-10,13-14,17-20,30,34-36,38-39,42-45H,5-8,11-12,15-16,21H2,1-4H3,(H,41,46);1H/t30-,34-,35-,36+,38-;/m1./s1. The van der Waals surface area contributed by atoms with Crippen LogP contribution in [-0.4, -0.2) is 89.9 Å². The maximum Gasteiger partial charge on any atom is 0.251 e. The number of unbranched alkanes of at least 4 members (excludes halogenated alkanes) is 3. The minimum absolute atomic E-state index is 0. The van der Waals surface area contributed by atoms with Crippen molar-refractivity contribution >= 4 is 35.0 Å². The van der Waals surface area contributed by atoms with E-state index in [4.69, 9.17) is 19.0 Å². The van der Waals surface area contributed by atoms with Gasteiger partial charge in [-0.1, -0.05) is 31.0 Å². The largest absolute Gasteiger partial charge is 0.456 e. The molecule has 0 spiro atoms. The lowest BCUT2D eigenvalue weighted by Crippen LogP contribution is -2.40. The molecule has 0 bridgehead atoms. The van der Waals surface area contributed by atoms with Gasteiger partial charge in [0.05, 0.1) is 12.0 Å². The van der Waals surface area contributed by atoms with E-state index in [1.165, 1.54) is 0 Å². The molecule has 0 aromatic heterocycles. The lowest BCUT2D eigenvalue weighted by Gasteiger charge is -2.20. The van der Waals surface area contributed by atoms with E-state index in [0.717, 1.165) is 75.6 Å².